The molecule has 0 saturated carbocycles. The molecule has 134 valence electrons. The average Bonchev–Trinajstić information content (AvgIpc) is 3.03. The van der Waals surface area contributed by atoms with Crippen LogP contribution in [0.4, 0.5) is 5.82 Å². The summed E-state index contributed by atoms with van der Waals surface area (Å²) in [5.41, 5.74) is -0.167. The van der Waals surface area contributed by atoms with E-state index in [1.807, 2.05) is 0 Å². The molecule has 1 atom stereocenters. The molecule has 0 unspecified atom stereocenters. The summed E-state index contributed by atoms with van der Waals surface area (Å²) in [6.07, 6.45) is 3.00. The van der Waals surface area contributed by atoms with E-state index in [0.29, 0.717) is 43.6 Å². The maximum atomic E-state index is 12.5. The summed E-state index contributed by atoms with van der Waals surface area (Å²) in [7, 11) is 3.48. The zero-order valence-corrected chi connectivity index (χ0v) is 14.6. The molecule has 0 spiro atoms. The maximum absolute atomic E-state index is 12.5. The highest BCUT2D eigenvalue weighted by molar-refractivity contribution is 5.91. The third kappa shape index (κ3) is 3.74. The number of carbonyl (C=O) groups excluding carboxylic acids is 1. The molecule has 25 heavy (non-hydrogen) atoms. The second kappa shape index (κ2) is 7.10. The van der Waals surface area contributed by atoms with Crippen molar-refractivity contribution in [2.24, 2.45) is 7.05 Å². The number of nitrogens with zero attached hydrogens (tertiary/aromatic N) is 4. The average molecular weight is 346 g/mol. The van der Waals surface area contributed by atoms with E-state index in [1.54, 1.807) is 55.3 Å². The van der Waals surface area contributed by atoms with Gasteiger partial charge < -0.3 is 23.5 Å². The number of morpholine rings is 1. The van der Waals surface area contributed by atoms with Gasteiger partial charge in [-0.15, -0.1) is 0 Å². The third-order valence-corrected chi connectivity index (χ3v) is 4.21. The number of ether oxygens (including phenoxy) is 1. The molecule has 1 saturated heterocycles. The number of hydrogen-bond acceptors (Lipinski definition) is 6. The number of hydrogen-bond donors (Lipinski definition) is 0. The summed E-state index contributed by atoms with van der Waals surface area (Å²) < 4.78 is 12.7. The van der Waals surface area contributed by atoms with E-state index in [2.05, 4.69) is 4.98 Å². The lowest BCUT2D eigenvalue weighted by Crippen LogP contribution is -2.49. The van der Waals surface area contributed by atoms with Crippen LogP contribution < -0.4 is 10.5 Å². The number of rotatable bonds is 4. The third-order valence-electron chi connectivity index (χ3n) is 4.21. The van der Waals surface area contributed by atoms with Gasteiger partial charge in [-0.2, -0.15) is 0 Å². The lowest BCUT2D eigenvalue weighted by Gasteiger charge is -2.34. The van der Waals surface area contributed by atoms with Gasteiger partial charge in [0.2, 0.25) is 0 Å². The van der Waals surface area contributed by atoms with Gasteiger partial charge in [0.1, 0.15) is 5.76 Å². The van der Waals surface area contributed by atoms with Crippen LogP contribution in [0.5, 0.6) is 0 Å². The Balaban J connectivity index is 1.66. The quantitative estimate of drug-likeness (QED) is 0.809. The van der Waals surface area contributed by atoms with E-state index < -0.39 is 0 Å². The minimum atomic E-state index is -0.203. The molecule has 2 aromatic heterocycles. The lowest BCUT2D eigenvalue weighted by atomic mass is 10.2. The smallest absolute Gasteiger partial charge is 0.293 e. The fraction of sp³-hybridized carbons (Fsp3) is 0.471. The Morgan fingerprint density at radius 2 is 2.24 bits per heavy atom. The normalized spacial score (nSPS) is 17.6. The van der Waals surface area contributed by atoms with Crippen molar-refractivity contribution >= 4 is 11.7 Å². The number of anilines is 1. The summed E-state index contributed by atoms with van der Waals surface area (Å²) in [4.78, 5) is 32.3. The molecule has 8 nitrogen and oxygen atoms in total. The van der Waals surface area contributed by atoms with Crippen LogP contribution in [0.1, 0.15) is 16.3 Å². The molecular formula is C17H22N4O4. The van der Waals surface area contributed by atoms with Gasteiger partial charge in [-0.05, 0) is 19.1 Å². The van der Waals surface area contributed by atoms with Crippen molar-refractivity contribution in [3.63, 3.8) is 0 Å². The highest BCUT2D eigenvalue weighted by Gasteiger charge is 2.28. The van der Waals surface area contributed by atoms with Gasteiger partial charge in [-0.1, -0.05) is 0 Å². The second-order valence-corrected chi connectivity index (χ2v) is 6.20. The molecule has 3 heterocycles. The molecule has 0 radical (unpaired) electrons. The molecule has 0 aromatic carbocycles. The first-order valence-electron chi connectivity index (χ1n) is 8.16. The van der Waals surface area contributed by atoms with Crippen molar-refractivity contribution in [2.75, 3.05) is 38.2 Å². The van der Waals surface area contributed by atoms with Crippen LogP contribution >= 0.6 is 0 Å². The summed E-state index contributed by atoms with van der Waals surface area (Å²) in [5, 5.41) is 0. The summed E-state index contributed by atoms with van der Waals surface area (Å²) in [6, 6.07) is 3.46. The number of amides is 1. The van der Waals surface area contributed by atoms with Crippen molar-refractivity contribution in [3.05, 3.63) is 46.4 Å². The highest BCUT2D eigenvalue weighted by Crippen LogP contribution is 2.14. The number of furan rings is 1. The molecule has 0 bridgehead atoms. The van der Waals surface area contributed by atoms with Crippen LogP contribution in [-0.4, -0.2) is 59.8 Å². The van der Waals surface area contributed by atoms with E-state index in [-0.39, 0.29) is 17.6 Å². The van der Waals surface area contributed by atoms with Gasteiger partial charge in [0, 0.05) is 46.1 Å². The first kappa shape index (κ1) is 17.2. The first-order valence-corrected chi connectivity index (χ1v) is 8.16. The number of likely N-dealkylation sites (N-methyl/N-ethyl adjacent to an activating group) is 1. The minimum Gasteiger partial charge on any atom is -0.456 e. The Hall–Kier alpha value is -2.61. The minimum absolute atomic E-state index is 0.141. The van der Waals surface area contributed by atoms with Crippen LogP contribution in [0.3, 0.4) is 0 Å². The Morgan fingerprint density at radius 3 is 2.96 bits per heavy atom. The fourth-order valence-corrected chi connectivity index (χ4v) is 2.86. The van der Waals surface area contributed by atoms with E-state index in [0.717, 1.165) is 0 Å². The summed E-state index contributed by atoms with van der Waals surface area (Å²) in [6.45, 7) is 3.68. The highest BCUT2D eigenvalue weighted by atomic mass is 16.5. The Morgan fingerprint density at radius 1 is 1.44 bits per heavy atom. The molecule has 1 aliphatic rings. The Bertz CT molecular complexity index is 813. The zero-order chi connectivity index (χ0) is 18.0. The molecule has 2 aromatic rings. The first-order chi connectivity index (χ1) is 12.0. The fourth-order valence-electron chi connectivity index (χ4n) is 2.86. The van der Waals surface area contributed by atoms with Crippen molar-refractivity contribution in [2.45, 2.75) is 13.0 Å². The van der Waals surface area contributed by atoms with Crippen LogP contribution in [-0.2, 0) is 11.8 Å². The van der Waals surface area contributed by atoms with Crippen LogP contribution in [0.25, 0.3) is 0 Å². The standard InChI is InChI=1S/C17H22N4O4/c1-12-4-5-14(25-12)16(22)21-8-9-24-13(11-21)10-20(3)15-17(23)19(2)7-6-18-15/h4-7,13H,8-11H2,1-3H3/t13-/m0/s1. The van der Waals surface area contributed by atoms with Gasteiger partial charge >= 0.3 is 0 Å². The summed E-state index contributed by atoms with van der Waals surface area (Å²) >= 11 is 0. The second-order valence-electron chi connectivity index (χ2n) is 6.20. The zero-order valence-electron chi connectivity index (χ0n) is 14.6. The van der Waals surface area contributed by atoms with Crippen LogP contribution in [0.15, 0.2) is 33.7 Å². The molecule has 0 N–H and O–H groups in total. The van der Waals surface area contributed by atoms with Gasteiger partial charge in [-0.3, -0.25) is 9.59 Å². The monoisotopic (exact) mass is 346 g/mol. The molecule has 3 rings (SSSR count). The van der Waals surface area contributed by atoms with E-state index in [4.69, 9.17) is 9.15 Å². The molecule has 1 fully saturated rings. The van der Waals surface area contributed by atoms with Gasteiger partial charge in [0.05, 0.1) is 12.7 Å². The molecule has 1 aliphatic heterocycles. The molecule has 1 amide bonds. The van der Waals surface area contributed by atoms with Crippen LogP contribution in [0, 0.1) is 6.92 Å². The Labute approximate surface area is 145 Å². The van der Waals surface area contributed by atoms with Crippen molar-refractivity contribution in [1.82, 2.24) is 14.5 Å². The van der Waals surface area contributed by atoms with Gasteiger partial charge in [0.25, 0.3) is 11.5 Å². The SMILES string of the molecule is Cc1ccc(C(=O)N2CCO[C@@H](CN(C)c3nccn(C)c3=O)C2)o1. The molecule has 8 heteroatoms. The number of aromatic nitrogens is 2. The molecule has 0 aliphatic carbocycles. The maximum Gasteiger partial charge on any atom is 0.293 e. The van der Waals surface area contributed by atoms with Crippen LogP contribution in [0.2, 0.25) is 0 Å². The van der Waals surface area contributed by atoms with Crippen molar-refractivity contribution in [1.29, 1.82) is 0 Å². The molecular weight excluding hydrogens is 324 g/mol. The van der Waals surface area contributed by atoms with Gasteiger partial charge in [-0.25, -0.2) is 4.98 Å². The van der Waals surface area contributed by atoms with Crippen molar-refractivity contribution < 1.29 is 13.9 Å². The lowest BCUT2D eigenvalue weighted by molar-refractivity contribution is -0.0182. The Kier molecular flexibility index (Phi) is 4.89. The summed E-state index contributed by atoms with van der Waals surface area (Å²) in [5.74, 6) is 1.26. The van der Waals surface area contributed by atoms with E-state index in [1.165, 1.54) is 4.57 Å². The topological polar surface area (TPSA) is 80.8 Å². The predicted molar refractivity (Wildman–Crippen MR) is 91.8 cm³/mol. The van der Waals surface area contributed by atoms with Gasteiger partial charge in [0.15, 0.2) is 11.6 Å². The largest absolute Gasteiger partial charge is 0.456 e. The number of aryl methyl sites for hydroxylation is 2. The van der Waals surface area contributed by atoms with E-state index >= 15 is 0 Å². The number of carbonyl (C=O) groups is 1. The predicted octanol–water partition coefficient (Wildman–Crippen LogP) is 0.659. The van der Waals surface area contributed by atoms with Crippen molar-refractivity contribution in [3.8, 4) is 0 Å². The van der Waals surface area contributed by atoms with E-state index in [9.17, 15) is 9.59 Å².